The first-order valence-electron chi connectivity index (χ1n) is 6.26. The first-order chi connectivity index (χ1) is 9.06. The molecule has 0 aromatic heterocycles. The summed E-state index contributed by atoms with van der Waals surface area (Å²) in [5.41, 5.74) is 1.98. The molecule has 1 unspecified atom stereocenters. The van der Waals surface area contributed by atoms with E-state index in [4.69, 9.17) is 9.84 Å². The number of aliphatic carboxylic acids is 1. The number of ether oxygens (including phenoxy) is 1. The highest BCUT2D eigenvalue weighted by atomic mass is 32.2. The fourth-order valence-electron chi connectivity index (χ4n) is 1.53. The van der Waals surface area contributed by atoms with Gasteiger partial charge in [-0.05, 0) is 30.2 Å². The van der Waals surface area contributed by atoms with Gasteiger partial charge in [-0.2, -0.15) is 11.8 Å². The highest BCUT2D eigenvalue weighted by Gasteiger charge is 2.06. The number of thioether (sulfide) groups is 1. The molecule has 0 spiro atoms. The lowest BCUT2D eigenvalue weighted by molar-refractivity contribution is -0.131. The van der Waals surface area contributed by atoms with Crippen molar-refractivity contribution in [3.05, 3.63) is 35.4 Å². The number of benzene rings is 1. The molecule has 0 aliphatic heterocycles. The summed E-state index contributed by atoms with van der Waals surface area (Å²) in [7, 11) is 1.65. The highest BCUT2D eigenvalue weighted by Crippen LogP contribution is 2.27. The maximum Gasteiger partial charge on any atom is 0.328 e. The number of hydrogen-bond donors (Lipinski definition) is 1. The highest BCUT2D eigenvalue weighted by molar-refractivity contribution is 7.99. The van der Waals surface area contributed by atoms with E-state index in [1.54, 1.807) is 13.2 Å². The van der Waals surface area contributed by atoms with Gasteiger partial charge in [0.1, 0.15) is 5.75 Å². The van der Waals surface area contributed by atoms with Crippen molar-refractivity contribution >= 4 is 23.8 Å². The van der Waals surface area contributed by atoms with Crippen LogP contribution in [0.5, 0.6) is 5.75 Å². The van der Waals surface area contributed by atoms with Crippen molar-refractivity contribution in [2.45, 2.75) is 31.3 Å². The van der Waals surface area contributed by atoms with Crippen LogP contribution in [0.3, 0.4) is 0 Å². The lowest BCUT2D eigenvalue weighted by atomic mass is 10.1. The smallest absolute Gasteiger partial charge is 0.328 e. The Morgan fingerprint density at radius 1 is 1.53 bits per heavy atom. The molecule has 4 heteroatoms. The third-order valence-corrected chi connectivity index (χ3v) is 4.20. The van der Waals surface area contributed by atoms with E-state index in [9.17, 15) is 4.79 Å². The predicted molar refractivity (Wildman–Crippen MR) is 80.7 cm³/mol. The van der Waals surface area contributed by atoms with Gasteiger partial charge in [-0.25, -0.2) is 4.79 Å². The lowest BCUT2D eigenvalue weighted by Gasteiger charge is -2.12. The number of carboxylic acids is 1. The van der Waals surface area contributed by atoms with Gasteiger partial charge in [0.25, 0.3) is 0 Å². The topological polar surface area (TPSA) is 46.5 Å². The molecule has 104 valence electrons. The van der Waals surface area contributed by atoms with E-state index < -0.39 is 5.97 Å². The summed E-state index contributed by atoms with van der Waals surface area (Å²) in [6.07, 6.45) is 3.87. The molecule has 19 heavy (non-hydrogen) atoms. The number of carboxylic acid groups (broad SMARTS) is 1. The minimum absolute atomic E-state index is 0.600. The van der Waals surface area contributed by atoms with Crippen LogP contribution in [-0.2, 0) is 10.5 Å². The maximum absolute atomic E-state index is 10.5. The maximum atomic E-state index is 10.5. The number of rotatable bonds is 7. The minimum Gasteiger partial charge on any atom is -0.496 e. The number of hydrogen-bond acceptors (Lipinski definition) is 3. The Labute approximate surface area is 118 Å². The number of carbonyl (C=O) groups is 1. The minimum atomic E-state index is -0.939. The van der Waals surface area contributed by atoms with Crippen LogP contribution in [0.2, 0.25) is 0 Å². The zero-order chi connectivity index (χ0) is 14.3. The molecular formula is C15H20O3S. The zero-order valence-electron chi connectivity index (χ0n) is 11.6. The molecule has 0 bridgehead atoms. The molecule has 0 saturated heterocycles. The van der Waals surface area contributed by atoms with E-state index in [0.717, 1.165) is 35.1 Å². The molecule has 0 aliphatic rings. The molecule has 1 N–H and O–H groups in total. The number of methoxy groups -OCH3 is 1. The third kappa shape index (κ3) is 5.39. The quantitative estimate of drug-likeness (QED) is 0.771. The van der Waals surface area contributed by atoms with E-state index in [0.29, 0.717) is 5.25 Å². The van der Waals surface area contributed by atoms with Crippen LogP contribution in [0.25, 0.3) is 6.08 Å². The van der Waals surface area contributed by atoms with Crippen LogP contribution in [0.15, 0.2) is 24.3 Å². The summed E-state index contributed by atoms with van der Waals surface area (Å²) < 4.78 is 5.34. The largest absolute Gasteiger partial charge is 0.496 e. The summed E-state index contributed by atoms with van der Waals surface area (Å²) in [5.74, 6) is 0.780. The van der Waals surface area contributed by atoms with Gasteiger partial charge < -0.3 is 9.84 Å². The van der Waals surface area contributed by atoms with Crippen molar-refractivity contribution in [1.29, 1.82) is 0 Å². The second-order valence-electron chi connectivity index (χ2n) is 4.27. The Bertz CT molecular complexity index is 455. The Kier molecular flexibility index (Phi) is 6.50. The van der Waals surface area contributed by atoms with Gasteiger partial charge in [0.2, 0.25) is 0 Å². The van der Waals surface area contributed by atoms with Crippen molar-refractivity contribution in [2.75, 3.05) is 7.11 Å². The summed E-state index contributed by atoms with van der Waals surface area (Å²) in [6, 6.07) is 5.72. The summed E-state index contributed by atoms with van der Waals surface area (Å²) in [4.78, 5) is 10.5. The first-order valence-corrected chi connectivity index (χ1v) is 7.31. The summed E-state index contributed by atoms with van der Waals surface area (Å²) >= 11 is 1.87. The summed E-state index contributed by atoms with van der Waals surface area (Å²) in [5, 5.41) is 9.24. The van der Waals surface area contributed by atoms with Crippen LogP contribution < -0.4 is 4.74 Å². The van der Waals surface area contributed by atoms with Crippen LogP contribution >= 0.6 is 11.8 Å². The van der Waals surface area contributed by atoms with Gasteiger partial charge in [-0.3, -0.25) is 0 Å². The van der Waals surface area contributed by atoms with E-state index >= 15 is 0 Å². The predicted octanol–water partition coefficient (Wildman–Crippen LogP) is 3.82. The van der Waals surface area contributed by atoms with Crippen molar-refractivity contribution in [3.8, 4) is 5.75 Å². The summed E-state index contributed by atoms with van der Waals surface area (Å²) in [6.45, 7) is 4.37. The van der Waals surface area contributed by atoms with Crippen molar-refractivity contribution in [3.63, 3.8) is 0 Å². The van der Waals surface area contributed by atoms with Gasteiger partial charge in [0.05, 0.1) is 7.11 Å². The van der Waals surface area contributed by atoms with Crippen LogP contribution in [-0.4, -0.2) is 23.4 Å². The molecule has 0 aliphatic carbocycles. The average Bonchev–Trinajstić information content (AvgIpc) is 2.42. The molecule has 0 saturated carbocycles. The monoisotopic (exact) mass is 280 g/mol. The van der Waals surface area contributed by atoms with Gasteiger partial charge in [-0.15, -0.1) is 0 Å². The molecule has 3 nitrogen and oxygen atoms in total. The van der Waals surface area contributed by atoms with Gasteiger partial charge >= 0.3 is 5.97 Å². The Hall–Kier alpha value is -1.42. The van der Waals surface area contributed by atoms with E-state index in [1.807, 2.05) is 30.0 Å². The van der Waals surface area contributed by atoms with Gasteiger partial charge in [-0.1, -0.05) is 19.9 Å². The van der Waals surface area contributed by atoms with Crippen LogP contribution in [0, 0.1) is 0 Å². The first kappa shape index (κ1) is 15.6. The SMILES string of the molecule is CCC(C)SCc1cc(C=CC(=O)O)ccc1OC. The van der Waals surface area contributed by atoms with E-state index in [1.165, 1.54) is 0 Å². The van der Waals surface area contributed by atoms with Crippen molar-refractivity contribution < 1.29 is 14.6 Å². The Morgan fingerprint density at radius 2 is 2.26 bits per heavy atom. The van der Waals surface area contributed by atoms with Gasteiger partial charge in [0, 0.05) is 22.6 Å². The van der Waals surface area contributed by atoms with E-state index in [2.05, 4.69) is 13.8 Å². The van der Waals surface area contributed by atoms with Crippen molar-refractivity contribution in [1.82, 2.24) is 0 Å². The third-order valence-electron chi connectivity index (χ3n) is 2.82. The Balaban J connectivity index is 2.86. The van der Waals surface area contributed by atoms with Crippen molar-refractivity contribution in [2.24, 2.45) is 0 Å². The molecule has 1 rings (SSSR count). The molecule has 1 aromatic rings. The second-order valence-corrected chi connectivity index (χ2v) is 5.70. The molecular weight excluding hydrogens is 260 g/mol. The molecule has 0 radical (unpaired) electrons. The standard InChI is InChI=1S/C15H20O3S/c1-4-11(2)19-10-13-9-12(6-8-15(16)17)5-7-14(13)18-3/h5-9,11H,4,10H2,1-3H3,(H,16,17). The molecule has 0 amide bonds. The lowest BCUT2D eigenvalue weighted by Crippen LogP contribution is -1.96. The molecule has 0 heterocycles. The molecule has 1 atom stereocenters. The molecule has 0 fully saturated rings. The van der Waals surface area contributed by atoms with Gasteiger partial charge in [0.15, 0.2) is 0 Å². The average molecular weight is 280 g/mol. The van der Waals surface area contributed by atoms with E-state index in [-0.39, 0.29) is 0 Å². The van der Waals surface area contributed by atoms with Crippen LogP contribution in [0.1, 0.15) is 31.4 Å². The molecule has 1 aromatic carbocycles. The van der Waals surface area contributed by atoms with Crippen LogP contribution in [0.4, 0.5) is 0 Å². The zero-order valence-corrected chi connectivity index (χ0v) is 12.4. The Morgan fingerprint density at radius 3 is 2.84 bits per heavy atom. The second kappa shape index (κ2) is 7.89. The fourth-order valence-corrected chi connectivity index (χ4v) is 2.46. The normalized spacial score (nSPS) is 12.6. The fraction of sp³-hybridized carbons (Fsp3) is 0.400.